The second-order valence-electron chi connectivity index (χ2n) is 7.95. The van der Waals surface area contributed by atoms with Crippen molar-refractivity contribution in [2.45, 2.75) is 44.6 Å². The van der Waals surface area contributed by atoms with Crippen LogP contribution in [0.25, 0.3) is 6.08 Å². The second-order valence-corrected chi connectivity index (χ2v) is 7.95. The van der Waals surface area contributed by atoms with E-state index in [4.69, 9.17) is 0 Å². The summed E-state index contributed by atoms with van der Waals surface area (Å²) in [7, 11) is 0. The normalized spacial score (nSPS) is 25.1. The van der Waals surface area contributed by atoms with Gasteiger partial charge in [-0.25, -0.2) is 0 Å². The fourth-order valence-electron chi connectivity index (χ4n) is 4.19. The van der Waals surface area contributed by atoms with Gasteiger partial charge in [0.2, 0.25) is 0 Å². The van der Waals surface area contributed by atoms with Crippen molar-refractivity contribution in [3.8, 4) is 0 Å². The molecule has 0 aromatic heterocycles. The van der Waals surface area contributed by atoms with Crippen LogP contribution in [0.15, 0.2) is 36.4 Å². The average molecular weight is 358 g/mol. The Hall–Kier alpha value is -1.65. The fraction of sp³-hybridized carbons (Fsp3) is 0.591. The van der Waals surface area contributed by atoms with Gasteiger partial charge >= 0.3 is 0 Å². The molecule has 3 N–H and O–H groups in total. The maximum atomic E-state index is 12.4. The molecule has 1 aliphatic heterocycles. The molecule has 1 saturated heterocycles. The maximum absolute atomic E-state index is 12.4. The molecule has 1 aromatic rings. The van der Waals surface area contributed by atoms with Crippen molar-refractivity contribution in [2.75, 3.05) is 39.3 Å². The van der Waals surface area contributed by atoms with Crippen molar-refractivity contribution >= 4 is 12.0 Å². The van der Waals surface area contributed by atoms with Gasteiger partial charge in [0.05, 0.1) is 6.54 Å². The number of piperazine rings is 1. The largest absolute Gasteiger partial charge is 0.348 e. The van der Waals surface area contributed by atoms with Gasteiger partial charge in [0, 0.05) is 6.04 Å². The predicted octanol–water partition coefficient (Wildman–Crippen LogP) is 0.322. The van der Waals surface area contributed by atoms with E-state index in [1.807, 2.05) is 0 Å². The van der Waals surface area contributed by atoms with E-state index in [1.54, 1.807) is 4.90 Å². The Balaban J connectivity index is 1.33. The van der Waals surface area contributed by atoms with Crippen molar-refractivity contribution in [3.63, 3.8) is 0 Å². The van der Waals surface area contributed by atoms with Gasteiger partial charge in [0.25, 0.3) is 5.91 Å². The lowest BCUT2D eigenvalue weighted by molar-refractivity contribution is -1.01. The lowest BCUT2D eigenvalue weighted by Crippen LogP contribution is -3.28. The highest BCUT2D eigenvalue weighted by Gasteiger charge is 2.25. The molecular weight excluding hydrogens is 322 g/mol. The highest BCUT2D eigenvalue weighted by atomic mass is 16.2. The average Bonchev–Trinajstić information content (AvgIpc) is 2.93. The van der Waals surface area contributed by atoms with Crippen LogP contribution in [0, 0.1) is 0 Å². The maximum Gasteiger partial charge on any atom is 0.275 e. The molecule has 1 aromatic carbocycles. The Labute approximate surface area is 158 Å². The first-order chi connectivity index (χ1) is 12.8. The van der Waals surface area contributed by atoms with E-state index in [-0.39, 0.29) is 5.91 Å². The monoisotopic (exact) mass is 357 g/mol. The molecule has 0 bridgehead atoms. The number of carbonyl (C=O) groups excluding carboxylic acids is 1. The number of rotatable bonds is 6. The van der Waals surface area contributed by atoms with Gasteiger partial charge in [-0.1, -0.05) is 62.1 Å². The Bertz CT molecular complexity index is 556. The molecule has 1 amide bonds. The summed E-state index contributed by atoms with van der Waals surface area (Å²) < 4.78 is 0. The molecule has 0 atom stereocenters. The standard InChI is InChI=1S/C22H33N3O/c26-22(23-21-12-6-1-2-7-13-21)19-25-17-15-24(16-18-25)14-8-11-20-9-4-3-5-10-20/h3-5,8-11,21H,1-2,6-7,12-19H2,(H,23,26)/p+2/b11-8+. The SMILES string of the molecule is O=C(C[NH+]1CC[NH+](C/C=C/c2ccccc2)CC1)NC1CCCCCC1. The highest BCUT2D eigenvalue weighted by Crippen LogP contribution is 2.16. The number of amides is 1. The molecule has 26 heavy (non-hydrogen) atoms. The highest BCUT2D eigenvalue weighted by molar-refractivity contribution is 5.77. The lowest BCUT2D eigenvalue weighted by Gasteiger charge is -2.29. The predicted molar refractivity (Wildman–Crippen MR) is 106 cm³/mol. The molecule has 3 rings (SSSR count). The Morgan fingerprint density at radius 3 is 2.31 bits per heavy atom. The molecule has 142 valence electrons. The summed E-state index contributed by atoms with van der Waals surface area (Å²) >= 11 is 0. The molecule has 2 aliphatic rings. The Kier molecular flexibility index (Phi) is 7.71. The summed E-state index contributed by atoms with van der Waals surface area (Å²) in [6, 6.07) is 10.9. The van der Waals surface area contributed by atoms with E-state index in [2.05, 4.69) is 47.8 Å². The van der Waals surface area contributed by atoms with E-state index >= 15 is 0 Å². The zero-order chi connectivity index (χ0) is 18.0. The zero-order valence-electron chi connectivity index (χ0n) is 16.0. The molecule has 4 heteroatoms. The quantitative estimate of drug-likeness (QED) is 0.631. The molecule has 1 heterocycles. The van der Waals surface area contributed by atoms with Crippen LogP contribution in [0.1, 0.15) is 44.1 Å². The lowest BCUT2D eigenvalue weighted by atomic mass is 10.1. The number of quaternary nitrogens is 2. The van der Waals surface area contributed by atoms with Gasteiger partial charge in [-0.15, -0.1) is 0 Å². The second kappa shape index (κ2) is 10.5. The van der Waals surface area contributed by atoms with Crippen molar-refractivity contribution in [3.05, 3.63) is 42.0 Å². The smallest absolute Gasteiger partial charge is 0.275 e. The Morgan fingerprint density at radius 2 is 1.62 bits per heavy atom. The summed E-state index contributed by atoms with van der Waals surface area (Å²) in [5.41, 5.74) is 1.27. The first-order valence-corrected chi connectivity index (χ1v) is 10.5. The van der Waals surface area contributed by atoms with Crippen molar-refractivity contribution < 1.29 is 14.6 Å². The third-order valence-corrected chi connectivity index (χ3v) is 5.81. The molecule has 0 unspecified atom stereocenters. The van der Waals surface area contributed by atoms with Gasteiger partial charge < -0.3 is 15.1 Å². The zero-order valence-corrected chi connectivity index (χ0v) is 16.0. The van der Waals surface area contributed by atoms with Crippen LogP contribution in [-0.2, 0) is 4.79 Å². The van der Waals surface area contributed by atoms with Crippen LogP contribution in [0.5, 0.6) is 0 Å². The van der Waals surface area contributed by atoms with Gasteiger partial charge in [0.15, 0.2) is 6.54 Å². The summed E-state index contributed by atoms with van der Waals surface area (Å²) in [5.74, 6) is 0.263. The molecular formula is C22H35N3O+2. The number of nitrogens with one attached hydrogen (secondary N) is 3. The molecule has 1 saturated carbocycles. The van der Waals surface area contributed by atoms with Gasteiger partial charge in [-0.3, -0.25) is 4.79 Å². The van der Waals surface area contributed by atoms with E-state index in [0.29, 0.717) is 12.6 Å². The van der Waals surface area contributed by atoms with Crippen LogP contribution >= 0.6 is 0 Å². The first-order valence-electron chi connectivity index (χ1n) is 10.5. The van der Waals surface area contributed by atoms with Crippen LogP contribution < -0.4 is 15.1 Å². The third kappa shape index (κ3) is 6.58. The Morgan fingerprint density at radius 1 is 0.962 bits per heavy atom. The van der Waals surface area contributed by atoms with E-state index in [1.165, 1.54) is 49.0 Å². The fourth-order valence-corrected chi connectivity index (χ4v) is 4.19. The van der Waals surface area contributed by atoms with E-state index < -0.39 is 0 Å². The summed E-state index contributed by atoms with van der Waals surface area (Å²) in [6.07, 6.45) is 12.1. The van der Waals surface area contributed by atoms with E-state index in [9.17, 15) is 4.79 Å². The van der Waals surface area contributed by atoms with Crippen LogP contribution in [0.2, 0.25) is 0 Å². The van der Waals surface area contributed by atoms with Crippen LogP contribution in [-0.4, -0.2) is 51.2 Å². The number of hydrogen-bond acceptors (Lipinski definition) is 1. The minimum absolute atomic E-state index is 0.263. The number of benzene rings is 1. The van der Waals surface area contributed by atoms with Crippen molar-refractivity contribution in [1.29, 1.82) is 0 Å². The summed E-state index contributed by atoms with van der Waals surface area (Å²) in [6.45, 7) is 6.26. The third-order valence-electron chi connectivity index (χ3n) is 5.81. The first kappa shape index (κ1) is 19.1. The van der Waals surface area contributed by atoms with Crippen molar-refractivity contribution in [1.82, 2.24) is 5.32 Å². The minimum atomic E-state index is 0.263. The van der Waals surface area contributed by atoms with Crippen molar-refractivity contribution in [2.24, 2.45) is 0 Å². The molecule has 2 fully saturated rings. The van der Waals surface area contributed by atoms with Crippen LogP contribution in [0.4, 0.5) is 0 Å². The number of carbonyl (C=O) groups is 1. The van der Waals surface area contributed by atoms with E-state index in [0.717, 1.165) is 32.7 Å². The summed E-state index contributed by atoms with van der Waals surface area (Å²) in [5, 5.41) is 3.29. The number of hydrogen-bond donors (Lipinski definition) is 3. The molecule has 0 spiro atoms. The summed E-state index contributed by atoms with van der Waals surface area (Å²) in [4.78, 5) is 15.4. The molecule has 0 radical (unpaired) electrons. The molecule has 1 aliphatic carbocycles. The minimum Gasteiger partial charge on any atom is -0.348 e. The van der Waals surface area contributed by atoms with Gasteiger partial charge in [-0.2, -0.15) is 0 Å². The van der Waals surface area contributed by atoms with Gasteiger partial charge in [0.1, 0.15) is 26.2 Å². The van der Waals surface area contributed by atoms with Crippen LogP contribution in [0.3, 0.4) is 0 Å². The van der Waals surface area contributed by atoms with Gasteiger partial charge in [-0.05, 0) is 24.5 Å². The topological polar surface area (TPSA) is 38.0 Å². The molecule has 4 nitrogen and oxygen atoms in total.